The van der Waals surface area contributed by atoms with Crippen molar-refractivity contribution in [3.63, 3.8) is 0 Å². The number of aromatic hydroxyl groups is 1. The van der Waals surface area contributed by atoms with Gasteiger partial charge in [-0.05, 0) is 18.2 Å². The van der Waals surface area contributed by atoms with Gasteiger partial charge in [0, 0.05) is 24.1 Å². The van der Waals surface area contributed by atoms with Crippen molar-refractivity contribution in [1.29, 1.82) is 0 Å². The Labute approximate surface area is 104 Å². The highest BCUT2D eigenvalue weighted by Crippen LogP contribution is 2.29. The lowest BCUT2D eigenvalue weighted by molar-refractivity contribution is -0.119. The molecule has 5 nitrogen and oxygen atoms in total. The molecule has 17 heavy (non-hydrogen) atoms. The summed E-state index contributed by atoms with van der Waals surface area (Å²) < 4.78 is 0. The van der Waals surface area contributed by atoms with E-state index in [0.717, 1.165) is 0 Å². The fraction of sp³-hybridized carbons (Fsp3) is 0.364. The molecule has 2 unspecified atom stereocenters. The van der Waals surface area contributed by atoms with Crippen LogP contribution in [0.2, 0.25) is 5.02 Å². The molecular weight excluding hydrogens is 246 g/mol. The summed E-state index contributed by atoms with van der Waals surface area (Å²) in [5.41, 5.74) is 0.121. The molecule has 0 bridgehead atoms. The third-order valence-electron chi connectivity index (χ3n) is 2.23. The summed E-state index contributed by atoms with van der Waals surface area (Å²) in [4.78, 5) is 10.7. The van der Waals surface area contributed by atoms with Crippen LogP contribution in [0.5, 0.6) is 5.75 Å². The average Bonchev–Trinajstić information content (AvgIpc) is 2.28. The first-order valence-electron chi connectivity index (χ1n) is 5.00. The van der Waals surface area contributed by atoms with Crippen LogP contribution in [0.15, 0.2) is 18.2 Å². The van der Waals surface area contributed by atoms with Crippen molar-refractivity contribution in [3.05, 3.63) is 28.8 Å². The number of nitrogens with one attached hydrogen (secondary N) is 1. The largest absolute Gasteiger partial charge is 0.508 e. The maximum absolute atomic E-state index is 10.7. The van der Waals surface area contributed by atoms with Gasteiger partial charge < -0.3 is 20.6 Å². The molecule has 0 saturated carbocycles. The molecule has 1 amide bonds. The monoisotopic (exact) mass is 259 g/mol. The van der Waals surface area contributed by atoms with E-state index in [4.69, 9.17) is 11.6 Å². The molecule has 2 atom stereocenters. The second kappa shape index (κ2) is 5.86. The van der Waals surface area contributed by atoms with Gasteiger partial charge in [-0.2, -0.15) is 0 Å². The molecule has 6 heteroatoms. The molecule has 0 heterocycles. The van der Waals surface area contributed by atoms with Crippen LogP contribution in [-0.2, 0) is 4.79 Å². The standard InChI is InChI=1S/C11H14ClNO4/c1-6(14)13-5-10(16)11(17)8-4-7(12)2-3-9(8)15/h2-4,10-11,15-17H,5H2,1H3,(H,13,14). The highest BCUT2D eigenvalue weighted by Gasteiger charge is 2.21. The number of rotatable bonds is 4. The number of hydrogen-bond acceptors (Lipinski definition) is 4. The Morgan fingerprint density at radius 2 is 2.12 bits per heavy atom. The molecule has 0 saturated heterocycles. The number of aliphatic hydroxyl groups is 2. The predicted octanol–water partition coefficient (Wildman–Crippen LogP) is 0.576. The quantitative estimate of drug-likeness (QED) is 0.637. The van der Waals surface area contributed by atoms with Crippen LogP contribution in [-0.4, -0.2) is 33.9 Å². The van der Waals surface area contributed by atoms with E-state index >= 15 is 0 Å². The van der Waals surface area contributed by atoms with Gasteiger partial charge in [-0.25, -0.2) is 0 Å². The van der Waals surface area contributed by atoms with Crippen LogP contribution < -0.4 is 5.32 Å². The number of benzene rings is 1. The number of hydrogen-bond donors (Lipinski definition) is 4. The van der Waals surface area contributed by atoms with E-state index in [2.05, 4.69) is 5.32 Å². The van der Waals surface area contributed by atoms with Gasteiger partial charge in [0.25, 0.3) is 0 Å². The van der Waals surface area contributed by atoms with Crippen molar-refractivity contribution in [2.75, 3.05) is 6.54 Å². The Kier molecular flexibility index (Phi) is 4.74. The molecule has 0 aliphatic heterocycles. The number of phenolic OH excluding ortho intramolecular Hbond substituents is 1. The van der Waals surface area contributed by atoms with E-state index in [1.165, 1.54) is 25.1 Å². The van der Waals surface area contributed by atoms with Crippen molar-refractivity contribution in [1.82, 2.24) is 5.32 Å². The highest BCUT2D eigenvalue weighted by atomic mass is 35.5. The molecule has 0 fully saturated rings. The summed E-state index contributed by atoms with van der Waals surface area (Å²) in [6.45, 7) is 1.19. The third-order valence-corrected chi connectivity index (χ3v) is 2.47. The molecule has 0 aliphatic rings. The van der Waals surface area contributed by atoms with Crippen molar-refractivity contribution >= 4 is 17.5 Å². The summed E-state index contributed by atoms with van der Waals surface area (Å²) in [7, 11) is 0. The highest BCUT2D eigenvalue weighted by molar-refractivity contribution is 6.30. The van der Waals surface area contributed by atoms with Gasteiger partial charge in [-0.3, -0.25) is 4.79 Å². The average molecular weight is 260 g/mol. The van der Waals surface area contributed by atoms with Crippen LogP contribution >= 0.6 is 11.6 Å². The summed E-state index contributed by atoms with van der Waals surface area (Å²) in [6.07, 6.45) is -2.54. The summed E-state index contributed by atoms with van der Waals surface area (Å²) in [5, 5.41) is 31.6. The zero-order valence-corrected chi connectivity index (χ0v) is 9.98. The Morgan fingerprint density at radius 1 is 1.47 bits per heavy atom. The van der Waals surface area contributed by atoms with Crippen LogP contribution in [0.25, 0.3) is 0 Å². The van der Waals surface area contributed by atoms with E-state index in [0.29, 0.717) is 5.02 Å². The fourth-order valence-corrected chi connectivity index (χ4v) is 1.51. The van der Waals surface area contributed by atoms with Crippen LogP contribution in [0, 0.1) is 0 Å². The number of carbonyl (C=O) groups excluding carboxylic acids is 1. The molecule has 1 rings (SSSR count). The Hall–Kier alpha value is -1.30. The maximum Gasteiger partial charge on any atom is 0.216 e. The van der Waals surface area contributed by atoms with Crippen LogP contribution in [0.1, 0.15) is 18.6 Å². The van der Waals surface area contributed by atoms with Gasteiger partial charge in [-0.1, -0.05) is 11.6 Å². The lowest BCUT2D eigenvalue weighted by Gasteiger charge is -2.19. The smallest absolute Gasteiger partial charge is 0.216 e. The Morgan fingerprint density at radius 3 is 2.71 bits per heavy atom. The lowest BCUT2D eigenvalue weighted by atomic mass is 10.0. The van der Waals surface area contributed by atoms with E-state index < -0.39 is 12.2 Å². The van der Waals surface area contributed by atoms with Crippen LogP contribution in [0.3, 0.4) is 0 Å². The fourth-order valence-electron chi connectivity index (χ4n) is 1.33. The van der Waals surface area contributed by atoms with E-state index in [9.17, 15) is 20.1 Å². The number of aliphatic hydroxyl groups excluding tert-OH is 2. The summed E-state index contributed by atoms with van der Waals surface area (Å²) in [5.74, 6) is -0.477. The molecule has 94 valence electrons. The van der Waals surface area contributed by atoms with E-state index in [1.807, 2.05) is 0 Å². The van der Waals surface area contributed by atoms with Gasteiger partial charge >= 0.3 is 0 Å². The minimum Gasteiger partial charge on any atom is -0.508 e. The molecule has 0 spiro atoms. The van der Waals surface area contributed by atoms with Gasteiger partial charge in [0.15, 0.2) is 0 Å². The second-order valence-electron chi connectivity index (χ2n) is 3.65. The molecule has 0 radical (unpaired) electrons. The number of amides is 1. The first-order chi connectivity index (χ1) is 7.91. The summed E-state index contributed by atoms with van der Waals surface area (Å²) >= 11 is 5.72. The predicted molar refractivity (Wildman–Crippen MR) is 62.8 cm³/mol. The van der Waals surface area contributed by atoms with Crippen molar-refractivity contribution in [2.24, 2.45) is 0 Å². The number of halogens is 1. The third kappa shape index (κ3) is 3.89. The van der Waals surface area contributed by atoms with Crippen LogP contribution in [0.4, 0.5) is 0 Å². The van der Waals surface area contributed by atoms with Gasteiger partial charge in [0.2, 0.25) is 5.91 Å². The van der Waals surface area contributed by atoms with E-state index in [-0.39, 0.29) is 23.8 Å². The Balaban J connectivity index is 2.77. The maximum atomic E-state index is 10.7. The lowest BCUT2D eigenvalue weighted by Crippen LogP contribution is -2.34. The first-order valence-corrected chi connectivity index (χ1v) is 5.38. The Bertz CT molecular complexity index is 410. The number of phenols is 1. The van der Waals surface area contributed by atoms with Crippen molar-refractivity contribution in [2.45, 2.75) is 19.1 Å². The topological polar surface area (TPSA) is 89.8 Å². The van der Waals surface area contributed by atoms with E-state index in [1.54, 1.807) is 0 Å². The zero-order chi connectivity index (χ0) is 13.0. The number of carbonyl (C=O) groups is 1. The molecular formula is C11H14ClNO4. The normalized spacial score (nSPS) is 14.1. The molecule has 0 aliphatic carbocycles. The minimum atomic E-state index is -1.32. The second-order valence-corrected chi connectivity index (χ2v) is 4.09. The van der Waals surface area contributed by atoms with Crippen molar-refractivity contribution in [3.8, 4) is 5.75 Å². The molecule has 1 aromatic rings. The molecule has 4 N–H and O–H groups in total. The minimum absolute atomic E-state index is 0.109. The molecule has 0 aromatic heterocycles. The van der Waals surface area contributed by atoms with Gasteiger partial charge in [0.1, 0.15) is 18.0 Å². The summed E-state index contributed by atoms with van der Waals surface area (Å²) in [6, 6.07) is 4.15. The first kappa shape index (κ1) is 13.8. The van der Waals surface area contributed by atoms with Gasteiger partial charge in [-0.15, -0.1) is 0 Å². The van der Waals surface area contributed by atoms with Crippen molar-refractivity contribution < 1.29 is 20.1 Å². The SMILES string of the molecule is CC(=O)NCC(O)C(O)c1cc(Cl)ccc1O. The molecule has 1 aromatic carbocycles. The zero-order valence-electron chi connectivity index (χ0n) is 9.22. The van der Waals surface area contributed by atoms with Gasteiger partial charge in [0.05, 0.1) is 0 Å².